The number of sulfonamides is 1. The molecule has 1 aliphatic heterocycles. The third kappa shape index (κ3) is 5.43. The van der Waals surface area contributed by atoms with Crippen LogP contribution in [0.5, 0.6) is 0 Å². The van der Waals surface area contributed by atoms with Crippen molar-refractivity contribution in [1.29, 1.82) is 0 Å². The SMILES string of the molecule is CN(Cc1csc(Br)c1)C(=O)CCc1ccc(S(=O)(=O)N2CCCCC2)cc1. The lowest BCUT2D eigenvalue weighted by molar-refractivity contribution is -0.130. The first-order chi connectivity index (χ1) is 13.4. The Hall–Kier alpha value is -1.22. The van der Waals surface area contributed by atoms with Crippen molar-refractivity contribution in [2.75, 3.05) is 20.1 Å². The lowest BCUT2D eigenvalue weighted by Gasteiger charge is -2.25. The summed E-state index contributed by atoms with van der Waals surface area (Å²) in [5, 5.41) is 2.04. The first-order valence-corrected chi connectivity index (χ1v) is 12.5. The summed E-state index contributed by atoms with van der Waals surface area (Å²) in [6.07, 6.45) is 3.95. The Morgan fingerprint density at radius 2 is 1.82 bits per heavy atom. The molecular formula is C20H25BrN2O3S2. The van der Waals surface area contributed by atoms with Gasteiger partial charge in [-0.2, -0.15) is 4.31 Å². The van der Waals surface area contributed by atoms with Gasteiger partial charge in [-0.15, -0.1) is 11.3 Å². The Kier molecular flexibility index (Phi) is 7.31. The maximum absolute atomic E-state index is 12.7. The van der Waals surface area contributed by atoms with Crippen molar-refractivity contribution in [2.45, 2.75) is 43.5 Å². The van der Waals surface area contributed by atoms with Crippen LogP contribution in [0.1, 0.15) is 36.8 Å². The zero-order chi connectivity index (χ0) is 20.1. The molecule has 1 amide bonds. The molecular weight excluding hydrogens is 460 g/mol. The molecule has 5 nitrogen and oxygen atoms in total. The van der Waals surface area contributed by atoms with Crippen molar-refractivity contribution in [3.05, 3.63) is 50.6 Å². The average Bonchev–Trinajstić information content (AvgIpc) is 3.11. The van der Waals surface area contributed by atoms with E-state index in [0.717, 1.165) is 34.2 Å². The van der Waals surface area contributed by atoms with E-state index in [1.807, 2.05) is 30.6 Å². The van der Waals surface area contributed by atoms with Crippen LogP contribution < -0.4 is 0 Å². The molecule has 152 valence electrons. The highest BCUT2D eigenvalue weighted by molar-refractivity contribution is 9.11. The highest BCUT2D eigenvalue weighted by atomic mass is 79.9. The van der Waals surface area contributed by atoms with Crippen molar-refractivity contribution in [2.24, 2.45) is 0 Å². The first-order valence-electron chi connectivity index (χ1n) is 9.42. The van der Waals surface area contributed by atoms with Gasteiger partial charge in [0.15, 0.2) is 0 Å². The maximum atomic E-state index is 12.7. The number of halogens is 1. The highest BCUT2D eigenvalue weighted by Crippen LogP contribution is 2.23. The Morgan fingerprint density at radius 1 is 1.14 bits per heavy atom. The van der Waals surface area contributed by atoms with Gasteiger partial charge in [-0.3, -0.25) is 4.79 Å². The lowest BCUT2D eigenvalue weighted by Crippen LogP contribution is -2.35. The quantitative estimate of drug-likeness (QED) is 0.589. The summed E-state index contributed by atoms with van der Waals surface area (Å²) >= 11 is 5.04. The Labute approximate surface area is 179 Å². The number of thiophene rings is 1. The zero-order valence-electron chi connectivity index (χ0n) is 15.9. The van der Waals surface area contributed by atoms with Gasteiger partial charge in [0, 0.05) is 33.1 Å². The summed E-state index contributed by atoms with van der Waals surface area (Å²) in [7, 11) is -1.59. The second kappa shape index (κ2) is 9.52. The Bertz CT molecular complexity index is 904. The number of piperidine rings is 1. The van der Waals surface area contributed by atoms with Crippen molar-refractivity contribution in [3.8, 4) is 0 Å². The maximum Gasteiger partial charge on any atom is 0.243 e. The van der Waals surface area contributed by atoms with E-state index in [2.05, 4.69) is 15.9 Å². The molecule has 8 heteroatoms. The number of carbonyl (C=O) groups is 1. The van der Waals surface area contributed by atoms with Gasteiger partial charge in [-0.05, 0) is 69.9 Å². The molecule has 2 aromatic rings. The van der Waals surface area contributed by atoms with Crippen LogP contribution in [-0.4, -0.2) is 43.7 Å². The number of aryl methyl sites for hydroxylation is 1. The molecule has 1 aliphatic rings. The van der Waals surface area contributed by atoms with Crippen molar-refractivity contribution in [1.82, 2.24) is 9.21 Å². The summed E-state index contributed by atoms with van der Waals surface area (Å²) in [5.74, 6) is 0.0762. The van der Waals surface area contributed by atoms with Crippen LogP contribution in [0.2, 0.25) is 0 Å². The number of amides is 1. The number of benzene rings is 1. The van der Waals surface area contributed by atoms with E-state index >= 15 is 0 Å². The predicted octanol–water partition coefficient (Wildman–Crippen LogP) is 4.28. The predicted molar refractivity (Wildman–Crippen MR) is 116 cm³/mol. The van der Waals surface area contributed by atoms with E-state index in [-0.39, 0.29) is 5.91 Å². The molecule has 1 aromatic heterocycles. The molecule has 1 aromatic carbocycles. The van der Waals surface area contributed by atoms with Crippen LogP contribution in [0.4, 0.5) is 0 Å². The van der Waals surface area contributed by atoms with E-state index in [0.29, 0.717) is 37.4 Å². The third-order valence-electron chi connectivity index (χ3n) is 4.97. The van der Waals surface area contributed by atoms with Crippen molar-refractivity contribution >= 4 is 43.2 Å². The topological polar surface area (TPSA) is 57.7 Å². The fourth-order valence-corrected chi connectivity index (χ4v) is 6.03. The number of carbonyl (C=O) groups excluding carboxylic acids is 1. The number of hydrogen-bond donors (Lipinski definition) is 0. The standard InChI is InChI=1S/C20H25BrN2O3S2/c1-22(14-17-13-19(21)27-15-17)20(24)10-7-16-5-8-18(9-6-16)28(25,26)23-11-3-2-4-12-23/h5-6,8-9,13,15H,2-4,7,10-12,14H2,1H3. The second-order valence-corrected chi connectivity index (χ2v) is 11.3. The Balaban J connectivity index is 1.54. The normalized spacial score (nSPS) is 15.5. The molecule has 0 aliphatic carbocycles. The average molecular weight is 485 g/mol. The van der Waals surface area contributed by atoms with Gasteiger partial charge in [0.25, 0.3) is 0 Å². The molecule has 0 spiro atoms. The molecule has 0 radical (unpaired) electrons. The number of nitrogens with zero attached hydrogens (tertiary/aromatic N) is 2. The third-order valence-corrected chi connectivity index (χ3v) is 8.44. The van der Waals surface area contributed by atoms with Crippen LogP contribution in [0.3, 0.4) is 0 Å². The summed E-state index contributed by atoms with van der Waals surface area (Å²) in [6, 6.07) is 8.99. The van der Waals surface area contributed by atoms with Gasteiger partial charge in [0.05, 0.1) is 8.68 Å². The van der Waals surface area contributed by atoms with E-state index in [1.165, 1.54) is 0 Å². The van der Waals surface area contributed by atoms with Gasteiger partial charge in [-0.25, -0.2) is 8.42 Å². The van der Waals surface area contributed by atoms with Gasteiger partial charge in [-0.1, -0.05) is 18.6 Å². The van der Waals surface area contributed by atoms with Gasteiger partial charge in [0.2, 0.25) is 15.9 Å². The largest absolute Gasteiger partial charge is 0.341 e. The monoisotopic (exact) mass is 484 g/mol. The fraction of sp³-hybridized carbons (Fsp3) is 0.450. The van der Waals surface area contributed by atoms with Gasteiger partial charge < -0.3 is 4.90 Å². The van der Waals surface area contributed by atoms with E-state index < -0.39 is 10.0 Å². The van der Waals surface area contributed by atoms with Crippen LogP contribution in [0, 0.1) is 0 Å². The molecule has 28 heavy (non-hydrogen) atoms. The van der Waals surface area contributed by atoms with E-state index in [4.69, 9.17) is 0 Å². The number of rotatable bonds is 7. The van der Waals surface area contributed by atoms with Crippen LogP contribution in [0.25, 0.3) is 0 Å². The minimum absolute atomic E-state index is 0.0762. The van der Waals surface area contributed by atoms with E-state index in [9.17, 15) is 13.2 Å². The van der Waals surface area contributed by atoms with E-state index in [1.54, 1.807) is 32.7 Å². The first kappa shape index (κ1) is 21.5. The van der Waals surface area contributed by atoms with Gasteiger partial charge in [0.1, 0.15) is 0 Å². The minimum atomic E-state index is -3.40. The summed E-state index contributed by atoms with van der Waals surface area (Å²) in [5.41, 5.74) is 2.08. The molecule has 0 N–H and O–H groups in total. The molecule has 3 rings (SSSR count). The van der Waals surface area contributed by atoms with Crippen molar-refractivity contribution in [3.63, 3.8) is 0 Å². The molecule has 0 bridgehead atoms. The fourth-order valence-electron chi connectivity index (χ4n) is 3.32. The lowest BCUT2D eigenvalue weighted by atomic mass is 10.1. The summed E-state index contributed by atoms with van der Waals surface area (Å²) in [6.45, 7) is 1.80. The molecule has 0 unspecified atom stereocenters. The molecule has 0 atom stereocenters. The van der Waals surface area contributed by atoms with Crippen LogP contribution >= 0.6 is 27.3 Å². The molecule has 0 saturated carbocycles. The van der Waals surface area contributed by atoms with Gasteiger partial charge >= 0.3 is 0 Å². The van der Waals surface area contributed by atoms with Crippen LogP contribution in [-0.2, 0) is 27.8 Å². The smallest absolute Gasteiger partial charge is 0.243 e. The molecule has 1 fully saturated rings. The molecule has 2 heterocycles. The Morgan fingerprint density at radius 3 is 2.43 bits per heavy atom. The zero-order valence-corrected chi connectivity index (χ0v) is 19.2. The minimum Gasteiger partial charge on any atom is -0.341 e. The summed E-state index contributed by atoms with van der Waals surface area (Å²) < 4.78 is 28.0. The van der Waals surface area contributed by atoms with Crippen molar-refractivity contribution < 1.29 is 13.2 Å². The summed E-state index contributed by atoms with van der Waals surface area (Å²) in [4.78, 5) is 14.4. The molecule has 1 saturated heterocycles. The second-order valence-electron chi connectivity index (χ2n) is 7.12. The highest BCUT2D eigenvalue weighted by Gasteiger charge is 2.25. The van der Waals surface area contributed by atoms with Crippen LogP contribution in [0.15, 0.2) is 44.4 Å². The number of hydrogen-bond acceptors (Lipinski definition) is 4.